The minimum Gasteiger partial charge on any atom is -0.461 e. The minimum atomic E-state index is -1.26. The van der Waals surface area contributed by atoms with Crippen molar-refractivity contribution in [1.29, 1.82) is 0 Å². The van der Waals surface area contributed by atoms with Crippen molar-refractivity contribution in [3.63, 3.8) is 0 Å². The normalized spacial score (nSPS) is 26.7. The van der Waals surface area contributed by atoms with Gasteiger partial charge in [-0.05, 0) is 23.5 Å². The van der Waals surface area contributed by atoms with Gasteiger partial charge in [0.2, 0.25) is 0 Å². The van der Waals surface area contributed by atoms with Crippen molar-refractivity contribution < 1.29 is 19.1 Å². The first-order chi connectivity index (χ1) is 16.1. The molecule has 0 bridgehead atoms. The molecule has 2 saturated carbocycles. The van der Waals surface area contributed by atoms with Gasteiger partial charge in [0.1, 0.15) is 25.1 Å². The van der Waals surface area contributed by atoms with E-state index in [0.29, 0.717) is 11.6 Å². The van der Waals surface area contributed by atoms with Crippen LogP contribution in [0.1, 0.15) is 17.5 Å². The maximum atomic E-state index is 13.1. The fourth-order valence-electron chi connectivity index (χ4n) is 4.79. The number of rotatable bonds is 8. The largest absolute Gasteiger partial charge is 0.461 e. The van der Waals surface area contributed by atoms with Crippen molar-refractivity contribution in [2.24, 2.45) is 23.5 Å². The molecular weight excluding hydrogens is 476 g/mol. The van der Waals surface area contributed by atoms with Crippen LogP contribution >= 0.6 is 24.2 Å². The van der Waals surface area contributed by atoms with Gasteiger partial charge in [0.15, 0.2) is 5.16 Å². The summed E-state index contributed by atoms with van der Waals surface area (Å²) in [7, 11) is 0. The Morgan fingerprint density at radius 2 is 1.65 bits per heavy atom. The summed E-state index contributed by atoms with van der Waals surface area (Å²) in [6.07, 6.45) is 1.82. The van der Waals surface area contributed by atoms with Gasteiger partial charge < -0.3 is 15.2 Å². The van der Waals surface area contributed by atoms with E-state index in [-0.39, 0.29) is 48.7 Å². The van der Waals surface area contributed by atoms with E-state index < -0.39 is 17.4 Å². The Morgan fingerprint density at radius 1 is 1.03 bits per heavy atom. The highest BCUT2D eigenvalue weighted by molar-refractivity contribution is 7.99. The molecule has 5 atom stereocenters. The summed E-state index contributed by atoms with van der Waals surface area (Å²) in [6.45, 7) is 0.324. The Labute approximate surface area is 207 Å². The van der Waals surface area contributed by atoms with Crippen LogP contribution in [0.15, 0.2) is 72.1 Å². The Kier molecular flexibility index (Phi) is 7.25. The number of nitrogens with zero attached hydrogens (tertiary/aromatic N) is 2. The van der Waals surface area contributed by atoms with Crippen molar-refractivity contribution in [2.75, 3.05) is 0 Å². The molecule has 178 valence electrons. The van der Waals surface area contributed by atoms with Gasteiger partial charge in [-0.3, -0.25) is 14.7 Å². The number of thioether (sulfide) groups is 1. The predicted octanol–water partition coefficient (Wildman–Crippen LogP) is 3.14. The average Bonchev–Trinajstić information content (AvgIpc) is 3.27. The number of aromatic amines is 1. The number of aromatic nitrogens is 3. The van der Waals surface area contributed by atoms with E-state index in [1.807, 2.05) is 60.7 Å². The SMILES string of the molecule is Cl.N[C@@]1(C(=O)OCc2ccccc2)C[C@@H](Sc2ncn[nH]2)[C@H]2[C@H](C(=O)OCc3ccccc3)[C@H]21. The molecule has 1 heterocycles. The number of carbonyl (C=O) groups excluding carboxylic acids is 2. The number of nitrogens with one attached hydrogen (secondary N) is 1. The second-order valence-corrected chi connectivity index (χ2v) is 9.70. The van der Waals surface area contributed by atoms with Gasteiger partial charge in [0, 0.05) is 11.2 Å². The molecule has 2 aliphatic carbocycles. The second-order valence-electron chi connectivity index (χ2n) is 8.48. The number of halogens is 1. The first-order valence-corrected chi connectivity index (χ1v) is 11.7. The standard InChI is InChI=1S/C24H24N4O4S.ClH/c25-24(22(30)32-13-16-9-5-2-6-10-16)11-17(33-23-26-14-27-28-23)18-19(20(18)24)21(29)31-12-15-7-3-1-4-8-15;/h1-10,14,17-20H,11-13,25H2,(H,26,27,28);1H/t17-,18+,19+,20+,24+;/m1./s1. The third kappa shape index (κ3) is 4.82. The molecule has 0 amide bonds. The van der Waals surface area contributed by atoms with Gasteiger partial charge in [-0.15, -0.1) is 12.4 Å². The molecule has 2 fully saturated rings. The van der Waals surface area contributed by atoms with Crippen LogP contribution in [0.5, 0.6) is 0 Å². The van der Waals surface area contributed by atoms with Gasteiger partial charge in [-0.2, -0.15) is 5.10 Å². The maximum absolute atomic E-state index is 13.1. The van der Waals surface area contributed by atoms with E-state index in [9.17, 15) is 9.59 Å². The summed E-state index contributed by atoms with van der Waals surface area (Å²) < 4.78 is 11.2. The summed E-state index contributed by atoms with van der Waals surface area (Å²) in [5, 5.41) is 7.26. The molecule has 2 aromatic carbocycles. The van der Waals surface area contributed by atoms with E-state index in [0.717, 1.165) is 11.1 Å². The number of carbonyl (C=O) groups is 2. The van der Waals surface area contributed by atoms with Crippen molar-refractivity contribution in [3.8, 4) is 0 Å². The summed E-state index contributed by atoms with van der Waals surface area (Å²) in [4.78, 5) is 30.3. The number of hydrogen-bond donors (Lipinski definition) is 2. The molecule has 1 aromatic heterocycles. The Balaban J connectivity index is 0.00000274. The quantitative estimate of drug-likeness (QED) is 0.452. The fourth-order valence-corrected chi connectivity index (χ4v) is 6.14. The highest BCUT2D eigenvalue weighted by Crippen LogP contribution is 2.65. The van der Waals surface area contributed by atoms with Crippen LogP contribution in [0.2, 0.25) is 0 Å². The van der Waals surface area contributed by atoms with Gasteiger partial charge in [-0.25, -0.2) is 4.98 Å². The Bertz CT molecular complexity index is 1120. The van der Waals surface area contributed by atoms with Crippen LogP contribution < -0.4 is 5.73 Å². The molecular formula is C24H25ClN4O4S. The highest BCUT2D eigenvalue weighted by Gasteiger charge is 2.74. The number of fused-ring (bicyclic) bond motifs is 1. The summed E-state index contributed by atoms with van der Waals surface area (Å²) >= 11 is 1.45. The van der Waals surface area contributed by atoms with Gasteiger partial charge >= 0.3 is 11.9 Å². The molecule has 0 saturated heterocycles. The van der Waals surface area contributed by atoms with Crippen LogP contribution in [0.4, 0.5) is 0 Å². The monoisotopic (exact) mass is 500 g/mol. The van der Waals surface area contributed by atoms with Crippen LogP contribution in [-0.2, 0) is 32.3 Å². The zero-order chi connectivity index (χ0) is 22.8. The van der Waals surface area contributed by atoms with Crippen molar-refractivity contribution >= 4 is 36.1 Å². The van der Waals surface area contributed by atoms with Gasteiger partial charge in [0.25, 0.3) is 0 Å². The summed E-state index contributed by atoms with van der Waals surface area (Å²) in [6, 6.07) is 18.9. The first kappa shape index (κ1) is 24.3. The number of ether oxygens (including phenoxy) is 2. The summed E-state index contributed by atoms with van der Waals surface area (Å²) in [5.41, 5.74) is 7.20. The van der Waals surface area contributed by atoms with Crippen molar-refractivity contribution in [2.45, 2.75) is 35.6 Å². The third-order valence-electron chi connectivity index (χ3n) is 6.38. The van der Waals surface area contributed by atoms with Crippen molar-refractivity contribution in [3.05, 3.63) is 78.1 Å². The van der Waals surface area contributed by atoms with Crippen molar-refractivity contribution in [1.82, 2.24) is 15.2 Å². The van der Waals surface area contributed by atoms with Gasteiger partial charge in [0.05, 0.1) is 5.92 Å². The molecule has 0 aliphatic heterocycles. The lowest BCUT2D eigenvalue weighted by Crippen LogP contribution is -2.51. The van der Waals surface area contributed by atoms with E-state index in [1.165, 1.54) is 18.1 Å². The van der Waals surface area contributed by atoms with Crippen LogP contribution in [0.25, 0.3) is 0 Å². The lowest BCUT2D eigenvalue weighted by molar-refractivity contribution is -0.153. The Morgan fingerprint density at radius 3 is 2.24 bits per heavy atom. The number of hydrogen-bond acceptors (Lipinski definition) is 8. The van der Waals surface area contributed by atoms with E-state index in [4.69, 9.17) is 15.2 Å². The lowest BCUT2D eigenvalue weighted by atomic mass is 9.91. The molecule has 2 aliphatic rings. The summed E-state index contributed by atoms with van der Waals surface area (Å²) in [5.74, 6) is -1.68. The third-order valence-corrected chi connectivity index (χ3v) is 7.59. The van der Waals surface area contributed by atoms with E-state index in [1.54, 1.807) is 0 Å². The Hall–Kier alpha value is -2.88. The smallest absolute Gasteiger partial charge is 0.326 e. The first-order valence-electron chi connectivity index (χ1n) is 10.8. The molecule has 3 N–H and O–H groups in total. The van der Waals surface area contributed by atoms with E-state index in [2.05, 4.69) is 15.2 Å². The zero-order valence-electron chi connectivity index (χ0n) is 18.2. The topological polar surface area (TPSA) is 120 Å². The molecule has 0 radical (unpaired) electrons. The molecule has 3 aromatic rings. The maximum Gasteiger partial charge on any atom is 0.326 e. The number of benzene rings is 2. The fraction of sp³-hybridized carbons (Fsp3) is 0.333. The predicted molar refractivity (Wildman–Crippen MR) is 128 cm³/mol. The molecule has 5 rings (SSSR count). The second kappa shape index (κ2) is 10.2. The number of H-pyrrole nitrogens is 1. The molecule has 34 heavy (non-hydrogen) atoms. The lowest BCUT2D eigenvalue weighted by Gasteiger charge is -2.27. The van der Waals surface area contributed by atoms with Gasteiger partial charge in [-0.1, -0.05) is 72.4 Å². The van der Waals surface area contributed by atoms with E-state index >= 15 is 0 Å². The van der Waals surface area contributed by atoms with Crippen LogP contribution in [0.3, 0.4) is 0 Å². The molecule has 10 heteroatoms. The number of nitrogens with two attached hydrogens (primary N) is 1. The van der Waals surface area contributed by atoms with Crippen LogP contribution in [-0.4, -0.2) is 37.9 Å². The molecule has 0 spiro atoms. The minimum absolute atomic E-state index is 0. The van der Waals surface area contributed by atoms with Crippen LogP contribution in [0, 0.1) is 17.8 Å². The highest BCUT2D eigenvalue weighted by atomic mass is 35.5. The zero-order valence-corrected chi connectivity index (χ0v) is 19.8. The average molecular weight is 501 g/mol. The number of esters is 2. The molecule has 0 unspecified atom stereocenters. The molecule has 8 nitrogen and oxygen atoms in total.